The number of aromatic nitrogens is 2. The Labute approximate surface area is 182 Å². The molecule has 0 bridgehead atoms. The Morgan fingerprint density at radius 3 is 2.52 bits per heavy atom. The predicted molar refractivity (Wildman–Crippen MR) is 114 cm³/mol. The first-order valence-corrected chi connectivity index (χ1v) is 9.77. The molecule has 0 aliphatic carbocycles. The van der Waals surface area contributed by atoms with Gasteiger partial charge in [0.2, 0.25) is 0 Å². The molecule has 0 fully saturated rings. The number of H-pyrrole nitrogens is 1. The van der Waals surface area contributed by atoms with Gasteiger partial charge in [-0.2, -0.15) is 5.10 Å². The summed E-state index contributed by atoms with van der Waals surface area (Å²) in [6, 6.07) is 12.6. The number of nitrogens with one attached hydrogen (secondary N) is 2. The van der Waals surface area contributed by atoms with E-state index < -0.39 is 22.5 Å². The molecular formula is C21H13BrF2N4O3. The Morgan fingerprint density at radius 2 is 1.81 bits per heavy atom. The normalized spacial score (nSPS) is 10.9. The summed E-state index contributed by atoms with van der Waals surface area (Å²) in [4.78, 5) is 23.3. The van der Waals surface area contributed by atoms with E-state index in [1.165, 1.54) is 30.3 Å². The third kappa shape index (κ3) is 4.43. The zero-order valence-electron chi connectivity index (χ0n) is 15.7. The number of anilines is 1. The van der Waals surface area contributed by atoms with Crippen molar-refractivity contribution in [1.29, 1.82) is 0 Å². The van der Waals surface area contributed by atoms with Crippen molar-refractivity contribution in [3.05, 3.63) is 97.5 Å². The highest BCUT2D eigenvalue weighted by Gasteiger charge is 2.22. The van der Waals surface area contributed by atoms with Gasteiger partial charge in [-0.3, -0.25) is 20.0 Å². The monoisotopic (exact) mass is 486 g/mol. The number of nitro benzene ring substituents is 1. The maximum atomic E-state index is 13.5. The van der Waals surface area contributed by atoms with Crippen molar-refractivity contribution in [2.75, 3.05) is 5.32 Å². The van der Waals surface area contributed by atoms with Crippen molar-refractivity contribution >= 4 is 44.2 Å². The molecule has 31 heavy (non-hydrogen) atoms. The second-order valence-electron chi connectivity index (χ2n) is 6.78. The van der Waals surface area contributed by atoms with Crippen LogP contribution in [-0.4, -0.2) is 21.0 Å². The van der Waals surface area contributed by atoms with Crippen LogP contribution in [-0.2, 0) is 6.42 Å². The molecule has 0 spiro atoms. The number of rotatable bonds is 5. The Kier molecular flexibility index (Phi) is 5.47. The van der Waals surface area contributed by atoms with Gasteiger partial charge in [-0.15, -0.1) is 0 Å². The number of nitro groups is 1. The number of hydrogen-bond donors (Lipinski definition) is 2. The predicted octanol–water partition coefficient (Wildman–Crippen LogP) is 5.35. The Balaban J connectivity index is 1.64. The third-order valence-electron chi connectivity index (χ3n) is 4.59. The highest BCUT2D eigenvalue weighted by Crippen LogP contribution is 2.27. The molecule has 1 heterocycles. The number of fused-ring (bicyclic) bond motifs is 1. The van der Waals surface area contributed by atoms with Gasteiger partial charge in [0.1, 0.15) is 17.2 Å². The summed E-state index contributed by atoms with van der Waals surface area (Å²) in [5, 5.41) is 21.3. The van der Waals surface area contributed by atoms with E-state index in [1.807, 2.05) is 0 Å². The molecule has 0 aliphatic heterocycles. The van der Waals surface area contributed by atoms with Crippen LogP contribution in [0.4, 0.5) is 20.3 Å². The van der Waals surface area contributed by atoms with Crippen molar-refractivity contribution in [2.24, 2.45) is 0 Å². The molecule has 0 atom stereocenters. The van der Waals surface area contributed by atoms with Gasteiger partial charge in [-0.25, -0.2) is 8.78 Å². The van der Waals surface area contributed by atoms with Gasteiger partial charge in [-0.1, -0.05) is 22.0 Å². The van der Waals surface area contributed by atoms with Crippen molar-refractivity contribution in [3.8, 4) is 0 Å². The van der Waals surface area contributed by atoms with Crippen molar-refractivity contribution in [3.63, 3.8) is 0 Å². The molecule has 0 unspecified atom stereocenters. The molecule has 3 aromatic carbocycles. The Bertz CT molecular complexity index is 1320. The topological polar surface area (TPSA) is 101 Å². The van der Waals surface area contributed by atoms with Gasteiger partial charge in [0.15, 0.2) is 5.82 Å². The summed E-state index contributed by atoms with van der Waals surface area (Å²) in [6.45, 7) is 0. The largest absolute Gasteiger partial charge is 0.304 e. The molecule has 10 heteroatoms. The number of hydrogen-bond acceptors (Lipinski definition) is 4. The molecule has 4 aromatic rings. The molecule has 1 aromatic heterocycles. The van der Waals surface area contributed by atoms with E-state index in [9.17, 15) is 23.7 Å². The van der Waals surface area contributed by atoms with Crippen LogP contribution in [0.1, 0.15) is 21.5 Å². The summed E-state index contributed by atoms with van der Waals surface area (Å²) in [5.74, 6) is -1.83. The van der Waals surface area contributed by atoms with E-state index in [4.69, 9.17) is 0 Å². The lowest BCUT2D eigenvalue weighted by atomic mass is 10.0. The first-order valence-electron chi connectivity index (χ1n) is 8.97. The maximum absolute atomic E-state index is 13.5. The van der Waals surface area contributed by atoms with E-state index in [2.05, 4.69) is 31.4 Å². The summed E-state index contributed by atoms with van der Waals surface area (Å²) < 4.78 is 27.4. The molecule has 0 saturated carbocycles. The number of carbonyl (C=O) groups is 1. The minimum atomic E-state index is -0.690. The molecule has 0 aliphatic rings. The van der Waals surface area contributed by atoms with Gasteiger partial charge in [-0.05, 0) is 53.9 Å². The molecule has 0 radical (unpaired) electrons. The summed E-state index contributed by atoms with van der Waals surface area (Å²) in [5.41, 5.74) is 1.35. The van der Waals surface area contributed by atoms with Crippen LogP contribution in [0.2, 0.25) is 0 Å². The number of halogens is 3. The van der Waals surface area contributed by atoms with E-state index in [1.54, 1.807) is 18.2 Å². The fourth-order valence-electron chi connectivity index (χ4n) is 3.24. The van der Waals surface area contributed by atoms with Crippen molar-refractivity contribution in [2.45, 2.75) is 6.42 Å². The Hall–Kier alpha value is -3.66. The van der Waals surface area contributed by atoms with E-state index in [0.717, 1.165) is 11.6 Å². The van der Waals surface area contributed by atoms with Crippen LogP contribution in [0.25, 0.3) is 10.9 Å². The average Bonchev–Trinajstić information content (AvgIpc) is 3.09. The van der Waals surface area contributed by atoms with Gasteiger partial charge >= 0.3 is 0 Å². The second-order valence-corrected chi connectivity index (χ2v) is 7.70. The van der Waals surface area contributed by atoms with Crippen LogP contribution in [0.5, 0.6) is 0 Å². The molecular weight excluding hydrogens is 474 g/mol. The van der Waals surface area contributed by atoms with Crippen molar-refractivity contribution in [1.82, 2.24) is 10.2 Å². The van der Waals surface area contributed by atoms with Crippen LogP contribution in [0.3, 0.4) is 0 Å². The SMILES string of the molecule is O=C(Nc1n[nH]c2ccc(Cc3cc(F)cc(F)c3)cc12)c1ccc(Br)cc1[N+](=O)[O-]. The quantitative estimate of drug-likeness (QED) is 0.293. The zero-order valence-corrected chi connectivity index (χ0v) is 17.2. The number of amides is 1. The molecule has 156 valence electrons. The minimum absolute atomic E-state index is 0.115. The lowest BCUT2D eigenvalue weighted by molar-refractivity contribution is -0.385. The van der Waals surface area contributed by atoms with Crippen LogP contribution in [0, 0.1) is 21.7 Å². The molecule has 2 N–H and O–H groups in total. The first-order chi connectivity index (χ1) is 14.8. The highest BCUT2D eigenvalue weighted by atomic mass is 79.9. The number of benzene rings is 3. The van der Waals surface area contributed by atoms with Crippen LogP contribution >= 0.6 is 15.9 Å². The number of nitrogens with zero attached hydrogens (tertiary/aromatic N) is 2. The van der Waals surface area contributed by atoms with Crippen LogP contribution < -0.4 is 5.32 Å². The number of aromatic amines is 1. The molecule has 4 rings (SSSR count). The standard InChI is InChI=1S/C21H13BrF2N4O3/c22-13-2-3-16(19(9-13)28(30)31)21(29)25-20-17-8-11(1-4-18(17)26-27-20)5-12-6-14(23)10-15(24)7-12/h1-4,6-10H,5H2,(H2,25,26,27,29). The number of carbonyl (C=O) groups excluding carboxylic acids is 1. The second kappa shape index (κ2) is 8.23. The lowest BCUT2D eigenvalue weighted by Crippen LogP contribution is -2.14. The molecule has 1 amide bonds. The van der Waals surface area contributed by atoms with Crippen molar-refractivity contribution < 1.29 is 18.5 Å². The maximum Gasteiger partial charge on any atom is 0.283 e. The summed E-state index contributed by atoms with van der Waals surface area (Å²) in [6.07, 6.45) is 0.265. The molecule has 0 saturated heterocycles. The van der Waals surface area contributed by atoms with Gasteiger partial charge in [0.25, 0.3) is 11.6 Å². The lowest BCUT2D eigenvalue weighted by Gasteiger charge is -2.06. The zero-order chi connectivity index (χ0) is 22.1. The fraction of sp³-hybridized carbons (Fsp3) is 0.0476. The van der Waals surface area contributed by atoms with Gasteiger partial charge < -0.3 is 5.32 Å². The highest BCUT2D eigenvalue weighted by molar-refractivity contribution is 9.10. The first kappa shape index (κ1) is 20.6. The third-order valence-corrected chi connectivity index (χ3v) is 5.08. The average molecular weight is 487 g/mol. The Morgan fingerprint density at radius 1 is 1.06 bits per heavy atom. The minimum Gasteiger partial charge on any atom is -0.304 e. The van der Waals surface area contributed by atoms with Gasteiger partial charge in [0, 0.05) is 22.0 Å². The fourth-order valence-corrected chi connectivity index (χ4v) is 3.59. The van der Waals surface area contributed by atoms with Crippen LogP contribution in [0.15, 0.2) is 59.1 Å². The summed E-state index contributed by atoms with van der Waals surface area (Å²) >= 11 is 3.15. The van der Waals surface area contributed by atoms with E-state index >= 15 is 0 Å². The summed E-state index contributed by atoms with van der Waals surface area (Å²) in [7, 11) is 0. The van der Waals surface area contributed by atoms with Gasteiger partial charge in [0.05, 0.1) is 10.4 Å². The molecule has 7 nitrogen and oxygen atoms in total. The smallest absolute Gasteiger partial charge is 0.283 e. The van der Waals surface area contributed by atoms with E-state index in [-0.39, 0.29) is 23.5 Å². The van der Waals surface area contributed by atoms with E-state index in [0.29, 0.717) is 20.9 Å².